The molecule has 102 valence electrons. The molecule has 0 amide bonds. The van der Waals surface area contributed by atoms with Crippen molar-refractivity contribution in [3.63, 3.8) is 0 Å². The highest BCUT2D eigenvalue weighted by Crippen LogP contribution is 2.31. The lowest BCUT2D eigenvalue weighted by Gasteiger charge is -2.09. The van der Waals surface area contributed by atoms with E-state index in [0.29, 0.717) is 9.86 Å². The van der Waals surface area contributed by atoms with E-state index >= 15 is 0 Å². The molecule has 0 radical (unpaired) electrons. The summed E-state index contributed by atoms with van der Waals surface area (Å²) in [7, 11) is 0. The quantitative estimate of drug-likeness (QED) is 0.743. The summed E-state index contributed by atoms with van der Waals surface area (Å²) in [6.07, 6.45) is -1.29. The zero-order valence-corrected chi connectivity index (χ0v) is 11.7. The Labute approximate surface area is 121 Å². The molecule has 2 nitrogen and oxygen atoms in total. The number of fused-ring (bicyclic) bond motifs is 1. The fourth-order valence-electron chi connectivity index (χ4n) is 2.06. The molecular weight excluding hydrogens is 330 g/mol. The van der Waals surface area contributed by atoms with Crippen molar-refractivity contribution in [3.8, 4) is 0 Å². The molecule has 20 heavy (non-hydrogen) atoms. The maximum atomic E-state index is 13.7. The molecule has 3 rings (SSSR count). The predicted octanol–water partition coefficient (Wildman–Crippen LogP) is 4.56. The number of hydrogen-bond acceptors (Lipinski definition) is 2. The van der Waals surface area contributed by atoms with Crippen molar-refractivity contribution in [1.29, 1.82) is 0 Å². The van der Waals surface area contributed by atoms with Crippen molar-refractivity contribution < 1.29 is 18.3 Å². The van der Waals surface area contributed by atoms with Gasteiger partial charge in [-0.3, -0.25) is 0 Å². The monoisotopic (exact) mass is 338 g/mol. The lowest BCUT2D eigenvalue weighted by Crippen LogP contribution is -2.01. The number of furan rings is 1. The average molecular weight is 339 g/mol. The Balaban J connectivity index is 2.10. The summed E-state index contributed by atoms with van der Waals surface area (Å²) in [4.78, 5) is 0. The molecule has 0 aliphatic rings. The normalized spacial score (nSPS) is 12.8. The van der Waals surface area contributed by atoms with Gasteiger partial charge in [0.25, 0.3) is 0 Å². The van der Waals surface area contributed by atoms with Crippen LogP contribution in [0.15, 0.2) is 51.4 Å². The first kappa shape index (κ1) is 13.3. The van der Waals surface area contributed by atoms with E-state index in [4.69, 9.17) is 4.42 Å². The van der Waals surface area contributed by atoms with Crippen molar-refractivity contribution in [2.24, 2.45) is 0 Å². The van der Waals surface area contributed by atoms with Crippen LogP contribution in [0.4, 0.5) is 8.78 Å². The maximum absolute atomic E-state index is 13.7. The van der Waals surface area contributed by atoms with Gasteiger partial charge in [-0.1, -0.05) is 28.1 Å². The van der Waals surface area contributed by atoms with Crippen LogP contribution in [0.3, 0.4) is 0 Å². The summed E-state index contributed by atoms with van der Waals surface area (Å²) >= 11 is 3.22. The van der Waals surface area contributed by atoms with E-state index in [2.05, 4.69) is 15.9 Å². The second-order valence-electron chi connectivity index (χ2n) is 4.38. The molecule has 2 aromatic carbocycles. The van der Waals surface area contributed by atoms with Gasteiger partial charge in [-0.2, -0.15) is 0 Å². The summed E-state index contributed by atoms with van der Waals surface area (Å²) in [5.74, 6) is -0.973. The minimum absolute atomic E-state index is 0.0527. The van der Waals surface area contributed by atoms with Gasteiger partial charge in [0, 0.05) is 15.4 Å². The molecule has 0 aliphatic heterocycles. The van der Waals surface area contributed by atoms with Gasteiger partial charge in [0.2, 0.25) is 0 Å². The van der Waals surface area contributed by atoms with Crippen molar-refractivity contribution in [3.05, 3.63) is 69.9 Å². The van der Waals surface area contributed by atoms with Crippen molar-refractivity contribution in [2.75, 3.05) is 0 Å². The summed E-state index contributed by atoms with van der Waals surface area (Å²) in [6, 6.07) is 10.2. The van der Waals surface area contributed by atoms with Crippen LogP contribution in [0, 0.1) is 11.6 Å². The Morgan fingerprint density at radius 2 is 1.85 bits per heavy atom. The van der Waals surface area contributed by atoms with Crippen LogP contribution in [0.25, 0.3) is 11.0 Å². The van der Waals surface area contributed by atoms with E-state index in [0.717, 1.165) is 0 Å². The molecule has 0 spiro atoms. The highest BCUT2D eigenvalue weighted by Gasteiger charge is 2.20. The lowest BCUT2D eigenvalue weighted by atomic mass is 10.1. The van der Waals surface area contributed by atoms with Crippen LogP contribution in [-0.2, 0) is 0 Å². The number of halogens is 3. The molecule has 0 saturated carbocycles. The minimum atomic E-state index is -1.29. The van der Waals surface area contributed by atoms with Gasteiger partial charge < -0.3 is 9.52 Å². The zero-order chi connectivity index (χ0) is 14.3. The Hall–Kier alpha value is -1.72. The molecular formula is C15H9BrF2O2. The molecule has 5 heteroatoms. The molecule has 1 heterocycles. The van der Waals surface area contributed by atoms with Crippen molar-refractivity contribution >= 4 is 26.9 Å². The first-order valence-electron chi connectivity index (χ1n) is 5.87. The molecule has 1 aromatic heterocycles. The van der Waals surface area contributed by atoms with E-state index in [1.165, 1.54) is 30.3 Å². The average Bonchev–Trinajstić information content (AvgIpc) is 2.86. The van der Waals surface area contributed by atoms with Crippen LogP contribution >= 0.6 is 15.9 Å². The number of hydrogen-bond donors (Lipinski definition) is 1. The van der Waals surface area contributed by atoms with Gasteiger partial charge in [0.15, 0.2) is 11.4 Å². The second kappa shape index (κ2) is 5.00. The highest BCUT2D eigenvalue weighted by molar-refractivity contribution is 9.10. The summed E-state index contributed by atoms with van der Waals surface area (Å²) in [6.45, 7) is 0. The largest absolute Gasteiger partial charge is 0.455 e. The van der Waals surface area contributed by atoms with Gasteiger partial charge in [0.05, 0.1) is 0 Å². The Morgan fingerprint density at radius 3 is 2.60 bits per heavy atom. The molecule has 0 bridgehead atoms. The van der Waals surface area contributed by atoms with Gasteiger partial charge in [-0.25, -0.2) is 8.78 Å². The molecule has 0 fully saturated rings. The third kappa shape index (κ3) is 2.23. The molecule has 0 aliphatic carbocycles. The number of aliphatic hydroxyl groups excluding tert-OH is 1. The second-order valence-corrected chi connectivity index (χ2v) is 5.29. The summed E-state index contributed by atoms with van der Waals surface area (Å²) < 4.78 is 33.2. The fraction of sp³-hybridized carbons (Fsp3) is 0.0667. The Kier molecular flexibility index (Phi) is 3.31. The van der Waals surface area contributed by atoms with Crippen molar-refractivity contribution in [1.82, 2.24) is 0 Å². The Bertz CT molecular complexity index is 783. The predicted molar refractivity (Wildman–Crippen MR) is 74.3 cm³/mol. The molecule has 1 N–H and O–H groups in total. The molecule has 1 atom stereocenters. The summed E-state index contributed by atoms with van der Waals surface area (Å²) in [5, 5.41) is 10.7. The smallest absolute Gasteiger partial charge is 0.170 e. The first-order valence-corrected chi connectivity index (χ1v) is 6.66. The highest BCUT2D eigenvalue weighted by atomic mass is 79.9. The fourth-order valence-corrected chi connectivity index (χ4v) is 2.44. The topological polar surface area (TPSA) is 33.4 Å². The SMILES string of the molecule is OC(c1cc2cccc(F)c2o1)c1cc(Br)ccc1F. The van der Waals surface area contributed by atoms with E-state index in [1.807, 2.05) is 0 Å². The number of aliphatic hydroxyl groups is 1. The molecule has 1 unspecified atom stereocenters. The third-order valence-corrected chi connectivity index (χ3v) is 3.53. The Morgan fingerprint density at radius 1 is 1.05 bits per heavy atom. The summed E-state index contributed by atoms with van der Waals surface area (Å²) in [5.41, 5.74) is 0.121. The van der Waals surface area contributed by atoms with Crippen LogP contribution in [0.2, 0.25) is 0 Å². The van der Waals surface area contributed by atoms with Gasteiger partial charge in [-0.05, 0) is 30.3 Å². The van der Waals surface area contributed by atoms with Gasteiger partial charge in [0.1, 0.15) is 17.7 Å². The molecule has 0 saturated heterocycles. The minimum Gasteiger partial charge on any atom is -0.455 e. The number of rotatable bonds is 2. The maximum Gasteiger partial charge on any atom is 0.170 e. The first-order chi connectivity index (χ1) is 9.56. The lowest BCUT2D eigenvalue weighted by molar-refractivity contribution is 0.187. The number of benzene rings is 2. The van der Waals surface area contributed by atoms with Crippen LogP contribution in [0.5, 0.6) is 0 Å². The third-order valence-electron chi connectivity index (χ3n) is 3.04. The standard InChI is InChI=1S/C15H9BrF2O2/c16-9-4-5-11(17)10(7-9)14(19)13-6-8-2-1-3-12(18)15(8)20-13/h1-7,14,19H. The van der Waals surface area contributed by atoms with Crippen LogP contribution < -0.4 is 0 Å². The van der Waals surface area contributed by atoms with Crippen LogP contribution in [-0.4, -0.2) is 5.11 Å². The van der Waals surface area contributed by atoms with E-state index < -0.39 is 17.7 Å². The van der Waals surface area contributed by atoms with Gasteiger partial charge >= 0.3 is 0 Å². The number of para-hydroxylation sites is 1. The zero-order valence-electron chi connectivity index (χ0n) is 10.1. The van der Waals surface area contributed by atoms with Gasteiger partial charge in [-0.15, -0.1) is 0 Å². The van der Waals surface area contributed by atoms with E-state index in [1.54, 1.807) is 12.1 Å². The van der Waals surface area contributed by atoms with E-state index in [-0.39, 0.29) is 16.9 Å². The van der Waals surface area contributed by atoms with E-state index in [9.17, 15) is 13.9 Å². The van der Waals surface area contributed by atoms with Crippen LogP contribution in [0.1, 0.15) is 17.4 Å². The van der Waals surface area contributed by atoms with Crippen molar-refractivity contribution in [2.45, 2.75) is 6.10 Å². The molecule has 3 aromatic rings.